The number of carbonyl (C=O) groups excluding carboxylic acids is 1. The first-order valence-electron chi connectivity index (χ1n) is 10.0. The van der Waals surface area contributed by atoms with E-state index in [1.165, 1.54) is 22.8 Å². The molecular weight excluding hydrogens is 424 g/mol. The van der Waals surface area contributed by atoms with E-state index in [0.29, 0.717) is 22.6 Å². The normalized spacial score (nSPS) is 13.6. The van der Waals surface area contributed by atoms with Crippen molar-refractivity contribution in [3.05, 3.63) is 62.1 Å². The van der Waals surface area contributed by atoms with E-state index in [9.17, 15) is 19.7 Å². The molecule has 0 radical (unpaired) electrons. The monoisotopic (exact) mass is 444 g/mol. The first-order valence-corrected chi connectivity index (χ1v) is 10.4. The highest BCUT2D eigenvalue weighted by Gasteiger charge is 2.18. The molecule has 1 amide bonds. The number of hydrogen-bond donors (Lipinski definition) is 1. The van der Waals surface area contributed by atoms with E-state index in [0.717, 1.165) is 31.6 Å². The van der Waals surface area contributed by atoms with Crippen molar-refractivity contribution in [3.8, 4) is 0 Å². The van der Waals surface area contributed by atoms with Gasteiger partial charge in [-0.1, -0.05) is 11.6 Å². The molecule has 10 heteroatoms. The van der Waals surface area contributed by atoms with E-state index in [2.05, 4.69) is 10.2 Å². The van der Waals surface area contributed by atoms with Crippen molar-refractivity contribution in [2.75, 3.05) is 23.3 Å². The number of nitrogens with zero attached hydrogens (tertiary/aromatic N) is 3. The summed E-state index contributed by atoms with van der Waals surface area (Å²) in [6, 6.07) is 9.49. The van der Waals surface area contributed by atoms with Gasteiger partial charge in [-0.2, -0.15) is 0 Å². The minimum absolute atomic E-state index is 0.150. The number of aromatic nitrogens is 1. The number of nitro groups is 1. The number of fused-ring (bicyclic) bond motifs is 1. The molecule has 1 aliphatic rings. The lowest BCUT2D eigenvalue weighted by molar-refractivity contribution is -0.384. The van der Waals surface area contributed by atoms with E-state index in [1.54, 1.807) is 6.07 Å². The van der Waals surface area contributed by atoms with E-state index in [1.807, 2.05) is 12.1 Å². The summed E-state index contributed by atoms with van der Waals surface area (Å²) in [5, 5.41) is 14.4. The summed E-state index contributed by atoms with van der Waals surface area (Å²) in [6.07, 6.45) is 2.83. The Morgan fingerprint density at radius 3 is 2.71 bits per heavy atom. The van der Waals surface area contributed by atoms with Gasteiger partial charge in [0, 0.05) is 37.1 Å². The lowest BCUT2D eigenvalue weighted by Gasteiger charge is -2.22. The Bertz CT molecular complexity index is 1200. The number of nitro benzene ring substituents is 1. The molecule has 0 saturated carbocycles. The third-order valence-electron chi connectivity index (χ3n) is 5.33. The zero-order valence-electron chi connectivity index (χ0n) is 16.7. The molecule has 0 spiro atoms. The van der Waals surface area contributed by atoms with Crippen LogP contribution in [0.4, 0.5) is 17.1 Å². The molecule has 3 aromatic rings. The van der Waals surface area contributed by atoms with Gasteiger partial charge >= 0.3 is 5.76 Å². The molecular formula is C21H21ClN4O5. The highest BCUT2D eigenvalue weighted by atomic mass is 35.5. The fraction of sp³-hybridized carbons (Fsp3) is 0.333. The maximum absolute atomic E-state index is 12.5. The van der Waals surface area contributed by atoms with E-state index >= 15 is 0 Å². The predicted octanol–water partition coefficient (Wildman–Crippen LogP) is 4.18. The molecule has 162 valence electrons. The molecule has 2 heterocycles. The smallest absolute Gasteiger partial charge is 0.407 e. The number of halogens is 1. The van der Waals surface area contributed by atoms with Crippen molar-refractivity contribution >= 4 is 45.7 Å². The number of rotatable bonds is 7. The fourth-order valence-electron chi connectivity index (χ4n) is 3.83. The molecule has 1 N–H and O–H groups in total. The van der Waals surface area contributed by atoms with Crippen molar-refractivity contribution in [2.24, 2.45) is 0 Å². The Morgan fingerprint density at radius 2 is 1.97 bits per heavy atom. The summed E-state index contributed by atoms with van der Waals surface area (Å²) in [5.41, 5.74) is 2.09. The number of nitrogens with one attached hydrogen (secondary N) is 1. The average molecular weight is 445 g/mol. The van der Waals surface area contributed by atoms with Crippen LogP contribution in [-0.4, -0.2) is 28.5 Å². The van der Waals surface area contributed by atoms with Crippen LogP contribution in [0, 0.1) is 10.1 Å². The standard InChI is InChI=1S/C21H21ClN4O5/c22-14-5-7-17(24-9-1-2-10-24)16(12-14)23-20(27)4-3-11-25-18-8-6-15(26(29)30)13-19(18)31-21(25)28/h5-8,12-13H,1-4,9-11H2,(H,23,27). The predicted molar refractivity (Wildman–Crippen MR) is 118 cm³/mol. The van der Waals surface area contributed by atoms with Crippen molar-refractivity contribution in [2.45, 2.75) is 32.2 Å². The topological polar surface area (TPSA) is 111 Å². The third-order valence-corrected chi connectivity index (χ3v) is 5.56. The van der Waals surface area contributed by atoms with Crippen molar-refractivity contribution in [1.29, 1.82) is 0 Å². The number of amides is 1. The number of aryl methyl sites for hydroxylation is 1. The SMILES string of the molecule is O=C(CCCn1c(=O)oc2cc([N+](=O)[O-])ccc21)Nc1cc(Cl)ccc1N1CCCC1. The molecule has 0 bridgehead atoms. The van der Waals surface area contributed by atoms with Gasteiger partial charge in [-0.05, 0) is 43.5 Å². The zero-order valence-corrected chi connectivity index (χ0v) is 17.4. The molecule has 2 aromatic carbocycles. The Balaban J connectivity index is 1.41. The van der Waals surface area contributed by atoms with Crippen LogP contribution in [0.15, 0.2) is 45.6 Å². The van der Waals surface area contributed by atoms with Crippen LogP contribution in [0.1, 0.15) is 25.7 Å². The minimum atomic E-state index is -0.609. The molecule has 0 aliphatic carbocycles. The first-order chi connectivity index (χ1) is 14.9. The molecule has 0 unspecified atom stereocenters. The van der Waals surface area contributed by atoms with Crippen LogP contribution < -0.4 is 16.0 Å². The molecule has 31 heavy (non-hydrogen) atoms. The van der Waals surface area contributed by atoms with Crippen molar-refractivity contribution < 1.29 is 14.1 Å². The second kappa shape index (κ2) is 8.81. The number of benzene rings is 2. The summed E-state index contributed by atoms with van der Waals surface area (Å²) in [6.45, 7) is 2.14. The maximum atomic E-state index is 12.5. The van der Waals surface area contributed by atoms with Gasteiger partial charge in [0.15, 0.2) is 5.58 Å². The van der Waals surface area contributed by atoms with Gasteiger partial charge in [0.2, 0.25) is 5.91 Å². The largest absolute Gasteiger partial charge is 0.419 e. The van der Waals surface area contributed by atoms with Crippen LogP contribution in [0.2, 0.25) is 5.02 Å². The number of oxazole rings is 1. The third kappa shape index (κ3) is 4.56. The Morgan fingerprint density at radius 1 is 1.19 bits per heavy atom. The summed E-state index contributed by atoms with van der Waals surface area (Å²) < 4.78 is 6.49. The van der Waals surface area contributed by atoms with Crippen LogP contribution in [-0.2, 0) is 11.3 Å². The second-order valence-electron chi connectivity index (χ2n) is 7.44. The van der Waals surface area contributed by atoms with Gasteiger partial charge in [0.25, 0.3) is 5.69 Å². The van der Waals surface area contributed by atoms with Gasteiger partial charge in [0.1, 0.15) is 0 Å². The van der Waals surface area contributed by atoms with Gasteiger partial charge in [-0.25, -0.2) is 4.79 Å². The number of non-ortho nitro benzene ring substituents is 1. The number of hydrogen-bond acceptors (Lipinski definition) is 6. The Kier molecular flexibility index (Phi) is 5.94. The molecule has 1 aromatic heterocycles. The molecule has 0 atom stereocenters. The summed E-state index contributed by atoms with van der Waals surface area (Å²) in [5.74, 6) is -0.790. The van der Waals surface area contributed by atoms with E-state index < -0.39 is 10.7 Å². The molecule has 9 nitrogen and oxygen atoms in total. The molecule has 1 saturated heterocycles. The van der Waals surface area contributed by atoms with E-state index in [-0.39, 0.29) is 30.1 Å². The Hall–Kier alpha value is -3.33. The van der Waals surface area contributed by atoms with Gasteiger partial charge < -0.3 is 14.6 Å². The summed E-state index contributed by atoms with van der Waals surface area (Å²) in [4.78, 5) is 37.2. The molecule has 1 aliphatic heterocycles. The lowest BCUT2D eigenvalue weighted by atomic mass is 10.2. The van der Waals surface area contributed by atoms with Crippen LogP contribution in [0.5, 0.6) is 0 Å². The van der Waals surface area contributed by atoms with Crippen LogP contribution >= 0.6 is 11.6 Å². The van der Waals surface area contributed by atoms with Crippen molar-refractivity contribution in [3.63, 3.8) is 0 Å². The van der Waals surface area contributed by atoms with Gasteiger partial charge in [0.05, 0.1) is 27.9 Å². The van der Waals surface area contributed by atoms with Crippen LogP contribution in [0.25, 0.3) is 11.1 Å². The minimum Gasteiger partial charge on any atom is -0.407 e. The molecule has 1 fully saturated rings. The van der Waals surface area contributed by atoms with Crippen LogP contribution in [0.3, 0.4) is 0 Å². The quantitative estimate of drug-likeness (QED) is 0.432. The Labute approximate surface area is 182 Å². The van der Waals surface area contributed by atoms with Gasteiger partial charge in [-0.15, -0.1) is 0 Å². The van der Waals surface area contributed by atoms with E-state index in [4.69, 9.17) is 16.0 Å². The summed E-state index contributed by atoms with van der Waals surface area (Å²) in [7, 11) is 0. The zero-order chi connectivity index (χ0) is 22.0. The maximum Gasteiger partial charge on any atom is 0.419 e. The second-order valence-corrected chi connectivity index (χ2v) is 7.87. The first kappa shape index (κ1) is 20.9. The highest BCUT2D eigenvalue weighted by Crippen LogP contribution is 2.31. The van der Waals surface area contributed by atoms with Crippen molar-refractivity contribution in [1.82, 2.24) is 4.57 Å². The molecule has 4 rings (SSSR count). The number of anilines is 2. The van der Waals surface area contributed by atoms with Gasteiger partial charge in [-0.3, -0.25) is 19.5 Å². The number of carbonyl (C=O) groups is 1. The summed E-state index contributed by atoms with van der Waals surface area (Å²) >= 11 is 6.12. The highest BCUT2D eigenvalue weighted by molar-refractivity contribution is 6.31. The fourth-order valence-corrected chi connectivity index (χ4v) is 4.01. The lowest BCUT2D eigenvalue weighted by Crippen LogP contribution is -2.21. The average Bonchev–Trinajstić information content (AvgIpc) is 3.36.